The van der Waals surface area contributed by atoms with Crippen LogP contribution in [0.2, 0.25) is 0 Å². The molecule has 0 bridgehead atoms. The van der Waals surface area contributed by atoms with Crippen molar-refractivity contribution < 1.29 is 13.0 Å². The highest BCUT2D eigenvalue weighted by Crippen LogP contribution is 2.43. The first kappa shape index (κ1) is 10.5. The van der Waals surface area contributed by atoms with Gasteiger partial charge in [0.05, 0.1) is 29.0 Å². The molecule has 1 aromatic carbocycles. The third-order valence-corrected chi connectivity index (χ3v) is 4.19. The number of benzene rings is 1. The lowest BCUT2D eigenvalue weighted by molar-refractivity contribution is 0.0958. The summed E-state index contributed by atoms with van der Waals surface area (Å²) >= 11 is 0. The largest absolute Gasteiger partial charge is 0.368 e. The lowest BCUT2D eigenvalue weighted by Crippen LogP contribution is -2.23. The highest BCUT2D eigenvalue weighted by Gasteiger charge is 2.25. The highest BCUT2D eigenvalue weighted by atomic mass is 16.1. The zero-order valence-corrected chi connectivity index (χ0v) is 13.8. The fourth-order valence-electron chi connectivity index (χ4n) is 3.14. The normalized spacial score (nSPS) is 16.7. The van der Waals surface area contributed by atoms with E-state index in [2.05, 4.69) is 20.6 Å². The first-order valence-electron chi connectivity index (χ1n) is 10.8. The zero-order valence-electron chi connectivity index (χ0n) is 19.8. The molecule has 1 amide bonds. The van der Waals surface area contributed by atoms with Gasteiger partial charge in [-0.2, -0.15) is 10.2 Å². The van der Waals surface area contributed by atoms with Crippen LogP contribution in [0.4, 0.5) is 17.1 Å². The Kier molecular flexibility index (Phi) is 2.49. The van der Waals surface area contributed by atoms with Crippen molar-refractivity contribution >= 4 is 23.0 Å². The van der Waals surface area contributed by atoms with Crippen LogP contribution in [0.1, 0.15) is 24.3 Å². The van der Waals surface area contributed by atoms with E-state index in [0.29, 0.717) is 17.9 Å². The summed E-state index contributed by atoms with van der Waals surface area (Å²) in [7, 11) is 1.85. The Labute approximate surface area is 159 Å². The number of anilines is 3. The Morgan fingerprint density at radius 2 is 2.23 bits per heavy atom. The first-order chi connectivity index (χ1) is 14.9. The van der Waals surface area contributed by atoms with E-state index in [1.165, 1.54) is 18.5 Å². The number of aryl methyl sites for hydroxylation is 1. The molecule has 3 heterocycles. The molecule has 0 aliphatic carbocycles. The van der Waals surface area contributed by atoms with Crippen LogP contribution >= 0.6 is 0 Å². The molecule has 2 aromatic heterocycles. The van der Waals surface area contributed by atoms with E-state index >= 15 is 0 Å². The fourth-order valence-corrected chi connectivity index (χ4v) is 3.14. The Bertz CT molecular complexity index is 1190. The number of hydrogen-bond donors (Lipinski definition) is 2. The van der Waals surface area contributed by atoms with Crippen molar-refractivity contribution in [3.63, 3.8) is 0 Å². The summed E-state index contributed by atoms with van der Waals surface area (Å²) in [5, 5.41) is 16.8. The van der Waals surface area contributed by atoms with E-state index < -0.39 is 19.9 Å². The smallest absolute Gasteiger partial charge is 0.273 e. The predicted molar refractivity (Wildman–Crippen MR) is 99.5 cm³/mol. The minimum absolute atomic E-state index is 0.174. The molecule has 0 fully saturated rings. The summed E-state index contributed by atoms with van der Waals surface area (Å²) < 4.78 is 45.6. The quantitative estimate of drug-likeness (QED) is 0.746. The highest BCUT2D eigenvalue weighted by molar-refractivity contribution is 5.99. The second kappa shape index (κ2) is 6.14. The van der Waals surface area contributed by atoms with Crippen molar-refractivity contribution in [1.29, 1.82) is 0 Å². The van der Waals surface area contributed by atoms with E-state index in [0.717, 1.165) is 21.5 Å². The molecule has 8 heteroatoms. The van der Waals surface area contributed by atoms with Gasteiger partial charge in [0.25, 0.3) is 5.91 Å². The van der Waals surface area contributed by atoms with Gasteiger partial charge in [0, 0.05) is 53.1 Å². The molecule has 1 aliphatic heterocycles. The molecule has 4 rings (SSSR count). The number of rotatable bonds is 3. The second-order valence-corrected chi connectivity index (χ2v) is 5.88. The topological polar surface area (TPSA) is 88.0 Å². The van der Waals surface area contributed by atoms with Crippen LogP contribution in [-0.2, 0) is 13.5 Å². The molecule has 132 valence electrons. The second-order valence-electron chi connectivity index (χ2n) is 5.88. The summed E-state index contributed by atoms with van der Waals surface area (Å²) in [6, 6.07) is 6.90. The maximum absolute atomic E-state index is 12.4. The van der Waals surface area contributed by atoms with Gasteiger partial charge in [-0.25, -0.2) is 0 Å². The van der Waals surface area contributed by atoms with Gasteiger partial charge in [-0.05, 0) is 12.1 Å². The summed E-state index contributed by atoms with van der Waals surface area (Å²) in [6.07, 6.45) is 2.90. The number of aromatic nitrogens is 4. The Morgan fingerprint density at radius 1 is 1.31 bits per heavy atom. The molecule has 2 N–H and O–H groups in total. The van der Waals surface area contributed by atoms with Gasteiger partial charge in [0.15, 0.2) is 5.69 Å². The molecule has 8 nitrogen and oxygen atoms in total. The molecule has 26 heavy (non-hydrogen) atoms. The number of nitrogens with zero attached hydrogens (tertiary/aromatic N) is 5. The fraction of sp³-hybridized carbons (Fsp3) is 0.222. The third kappa shape index (κ3) is 2.55. The number of hydrogen-bond acceptors (Lipinski definition) is 6. The molecular formula is C18H19N7O. The first-order valence-corrected chi connectivity index (χ1v) is 7.79. The van der Waals surface area contributed by atoms with Crippen LogP contribution in [0, 0.1) is 0 Å². The third-order valence-electron chi connectivity index (χ3n) is 4.19. The van der Waals surface area contributed by atoms with Gasteiger partial charge in [-0.3, -0.25) is 9.48 Å². The van der Waals surface area contributed by atoms with Gasteiger partial charge < -0.3 is 15.5 Å². The van der Waals surface area contributed by atoms with Crippen molar-refractivity contribution in [2.24, 2.45) is 6.98 Å². The standard InChI is InChI=1S/C18H19N7O/c1-19-18(26)16-13(7-8-20-22-16)21-14-6-4-5-12-15-11(10-25(3)23-15)9-24(2)17(12)14/h4-8,10H,9H2,1-3H3,(H,19,26)(H,20,21)/i1D3,3D3. The number of carbonyl (C=O) groups excluding carboxylic acids is 1. The van der Waals surface area contributed by atoms with Crippen LogP contribution in [0.25, 0.3) is 11.3 Å². The SMILES string of the molecule is [2H]C([2H])([2H])NC(=O)c1nnccc1Nc1cccc2c1N(C)Cc1cn(C([2H])([2H])[2H])nc1-2. The summed E-state index contributed by atoms with van der Waals surface area (Å²) in [5.41, 5.74) is 3.50. The average Bonchev–Trinajstić information content (AvgIpc) is 3.12. The molecular weight excluding hydrogens is 330 g/mol. The lowest BCUT2D eigenvalue weighted by atomic mass is 9.99. The number of para-hydroxylation sites is 1. The van der Waals surface area contributed by atoms with Gasteiger partial charge in [0.1, 0.15) is 0 Å². The maximum Gasteiger partial charge on any atom is 0.273 e. The van der Waals surface area contributed by atoms with Crippen molar-refractivity contribution in [3.8, 4) is 11.3 Å². The number of nitrogens with one attached hydrogen (secondary N) is 2. The molecule has 0 saturated heterocycles. The molecule has 0 spiro atoms. The summed E-state index contributed by atoms with van der Waals surface area (Å²) in [5.74, 6) is -0.891. The van der Waals surface area contributed by atoms with Crippen molar-refractivity contribution in [2.45, 2.75) is 6.54 Å². The van der Waals surface area contributed by atoms with Gasteiger partial charge in [0.2, 0.25) is 0 Å². The van der Waals surface area contributed by atoms with Crippen molar-refractivity contribution in [1.82, 2.24) is 25.3 Å². The van der Waals surface area contributed by atoms with Crippen LogP contribution in [0.5, 0.6) is 0 Å². The minimum Gasteiger partial charge on any atom is -0.368 e. The predicted octanol–water partition coefficient (Wildman–Crippen LogP) is 1.93. The van der Waals surface area contributed by atoms with E-state index in [1.807, 2.05) is 23.3 Å². The van der Waals surface area contributed by atoms with Gasteiger partial charge in [-0.15, -0.1) is 5.10 Å². The lowest BCUT2D eigenvalue weighted by Gasteiger charge is -2.29. The van der Waals surface area contributed by atoms with Crippen LogP contribution in [-0.4, -0.2) is 39.9 Å². The van der Waals surface area contributed by atoms with Crippen molar-refractivity contribution in [3.05, 3.63) is 47.9 Å². The maximum atomic E-state index is 12.4. The van der Waals surface area contributed by atoms with Crippen LogP contribution < -0.4 is 15.5 Å². The molecule has 0 atom stereocenters. The molecule has 3 aromatic rings. The van der Waals surface area contributed by atoms with Crippen LogP contribution in [0.15, 0.2) is 36.7 Å². The molecule has 0 radical (unpaired) electrons. The summed E-state index contributed by atoms with van der Waals surface area (Å²) in [6.45, 7) is -4.63. The van der Waals surface area contributed by atoms with E-state index in [-0.39, 0.29) is 11.4 Å². The van der Waals surface area contributed by atoms with Crippen molar-refractivity contribution in [2.75, 3.05) is 24.2 Å². The Morgan fingerprint density at radius 3 is 3.08 bits per heavy atom. The Hall–Kier alpha value is -3.42. The number of amides is 1. The minimum atomic E-state index is -2.67. The monoisotopic (exact) mass is 355 g/mol. The number of fused-ring (bicyclic) bond motifs is 3. The molecule has 0 saturated carbocycles. The Balaban J connectivity index is 1.74. The van der Waals surface area contributed by atoms with Gasteiger partial charge in [-0.1, -0.05) is 12.1 Å². The zero-order chi connectivity index (χ0) is 23.3. The van der Waals surface area contributed by atoms with Gasteiger partial charge >= 0.3 is 0 Å². The van der Waals surface area contributed by atoms with E-state index in [4.69, 9.17) is 8.22 Å². The average molecular weight is 355 g/mol. The van der Waals surface area contributed by atoms with E-state index in [9.17, 15) is 4.79 Å². The van der Waals surface area contributed by atoms with Crippen LogP contribution in [0.3, 0.4) is 0 Å². The van der Waals surface area contributed by atoms with E-state index in [1.54, 1.807) is 12.1 Å². The molecule has 1 aliphatic rings. The summed E-state index contributed by atoms with van der Waals surface area (Å²) in [4.78, 5) is 14.3. The number of carbonyl (C=O) groups is 1. The molecule has 0 unspecified atom stereocenters.